The number of hydrogen-bond donors (Lipinski definition) is 3. The van der Waals surface area contributed by atoms with Crippen LogP contribution in [0.15, 0.2) is 48.5 Å². The number of carbonyl (C=O) groups excluding carboxylic acids is 2. The lowest BCUT2D eigenvalue weighted by molar-refractivity contribution is -0.117. The number of rotatable bonds is 4. The highest BCUT2D eigenvalue weighted by molar-refractivity contribution is 5.98. The average Bonchev–Trinajstić information content (AvgIpc) is 2.50. The second-order valence-corrected chi connectivity index (χ2v) is 4.80. The molecule has 3 amide bonds. The first-order valence-electron chi connectivity index (χ1n) is 6.84. The number of benzene rings is 2. The van der Waals surface area contributed by atoms with Crippen LogP contribution >= 0.6 is 0 Å². The van der Waals surface area contributed by atoms with Crippen molar-refractivity contribution in [2.45, 2.75) is 13.0 Å². The van der Waals surface area contributed by atoms with Crippen molar-refractivity contribution >= 4 is 23.3 Å². The molecule has 0 radical (unpaired) electrons. The molecule has 1 unspecified atom stereocenters. The Morgan fingerprint density at radius 3 is 2.35 bits per heavy atom. The van der Waals surface area contributed by atoms with Crippen molar-refractivity contribution in [2.24, 2.45) is 0 Å². The Labute approximate surface area is 131 Å². The van der Waals surface area contributed by atoms with Gasteiger partial charge in [0.2, 0.25) is 5.91 Å². The van der Waals surface area contributed by atoms with Crippen molar-refractivity contribution in [2.75, 3.05) is 10.6 Å². The Morgan fingerprint density at radius 1 is 1.00 bits per heavy atom. The minimum Gasteiger partial charge on any atom is -0.326 e. The highest BCUT2D eigenvalue weighted by Crippen LogP contribution is 2.15. The van der Waals surface area contributed by atoms with Gasteiger partial charge < -0.3 is 16.0 Å². The number of carbonyl (C=O) groups is 2. The number of halogens is 2. The first-order chi connectivity index (χ1) is 11.0. The Hall–Kier alpha value is -2.96. The van der Waals surface area contributed by atoms with Crippen LogP contribution in [0, 0.1) is 11.6 Å². The topological polar surface area (TPSA) is 70.2 Å². The van der Waals surface area contributed by atoms with Crippen LogP contribution in [-0.2, 0) is 4.79 Å². The van der Waals surface area contributed by atoms with Gasteiger partial charge in [-0.05, 0) is 31.2 Å². The molecule has 5 nitrogen and oxygen atoms in total. The molecule has 1 atom stereocenters. The van der Waals surface area contributed by atoms with Gasteiger partial charge in [0.25, 0.3) is 0 Å². The van der Waals surface area contributed by atoms with Gasteiger partial charge in [0.15, 0.2) is 0 Å². The van der Waals surface area contributed by atoms with E-state index >= 15 is 0 Å². The van der Waals surface area contributed by atoms with Gasteiger partial charge in [-0.3, -0.25) is 4.79 Å². The predicted octanol–water partition coefficient (Wildman–Crippen LogP) is 3.11. The number of hydrogen-bond acceptors (Lipinski definition) is 2. The highest BCUT2D eigenvalue weighted by Gasteiger charge is 2.17. The first kappa shape index (κ1) is 16.4. The molecule has 7 heteroatoms. The number of para-hydroxylation sites is 1. The summed E-state index contributed by atoms with van der Waals surface area (Å²) in [6.07, 6.45) is 0. The normalized spacial score (nSPS) is 11.4. The Morgan fingerprint density at radius 2 is 1.70 bits per heavy atom. The number of anilines is 2. The average molecular weight is 319 g/mol. The summed E-state index contributed by atoms with van der Waals surface area (Å²) in [4.78, 5) is 23.7. The van der Waals surface area contributed by atoms with Crippen molar-refractivity contribution in [3.8, 4) is 0 Å². The molecular weight excluding hydrogens is 304 g/mol. The summed E-state index contributed by atoms with van der Waals surface area (Å²) in [7, 11) is 0. The van der Waals surface area contributed by atoms with Crippen LogP contribution in [0.2, 0.25) is 0 Å². The molecular formula is C16H15F2N3O2. The molecule has 0 fully saturated rings. The van der Waals surface area contributed by atoms with Gasteiger partial charge in [0, 0.05) is 11.8 Å². The van der Waals surface area contributed by atoms with E-state index < -0.39 is 29.6 Å². The minimum atomic E-state index is -0.914. The summed E-state index contributed by atoms with van der Waals surface area (Å²) in [5.74, 6) is -2.26. The summed E-state index contributed by atoms with van der Waals surface area (Å²) in [6.45, 7) is 1.45. The van der Waals surface area contributed by atoms with E-state index in [2.05, 4.69) is 16.0 Å². The first-order valence-corrected chi connectivity index (χ1v) is 6.84. The van der Waals surface area contributed by atoms with Crippen molar-refractivity contribution in [1.29, 1.82) is 0 Å². The van der Waals surface area contributed by atoms with Gasteiger partial charge in [0.1, 0.15) is 17.7 Å². The summed E-state index contributed by atoms with van der Waals surface area (Å²) in [5.41, 5.74) is 0.413. The molecule has 0 aliphatic rings. The van der Waals surface area contributed by atoms with Gasteiger partial charge in [-0.25, -0.2) is 13.6 Å². The van der Waals surface area contributed by atoms with Crippen molar-refractivity contribution in [1.82, 2.24) is 5.32 Å². The van der Waals surface area contributed by atoms with E-state index in [9.17, 15) is 18.4 Å². The fourth-order valence-electron chi connectivity index (χ4n) is 1.78. The van der Waals surface area contributed by atoms with Gasteiger partial charge in [-0.15, -0.1) is 0 Å². The molecule has 2 rings (SSSR count). The molecule has 3 N–H and O–H groups in total. The molecule has 120 valence electrons. The Balaban J connectivity index is 1.90. The van der Waals surface area contributed by atoms with E-state index in [1.807, 2.05) is 0 Å². The fraction of sp³-hybridized carbons (Fsp3) is 0.125. The molecule has 0 aliphatic heterocycles. The van der Waals surface area contributed by atoms with Crippen LogP contribution in [0.1, 0.15) is 6.92 Å². The van der Waals surface area contributed by atoms with Crippen LogP contribution in [0.5, 0.6) is 0 Å². The van der Waals surface area contributed by atoms with Crippen molar-refractivity contribution < 1.29 is 18.4 Å². The summed E-state index contributed by atoms with van der Waals surface area (Å²) >= 11 is 0. The molecule has 0 spiro atoms. The van der Waals surface area contributed by atoms with Crippen molar-refractivity contribution in [3.05, 3.63) is 60.2 Å². The largest absolute Gasteiger partial charge is 0.326 e. The summed E-state index contributed by atoms with van der Waals surface area (Å²) in [5, 5.41) is 7.26. The lowest BCUT2D eigenvalue weighted by atomic mass is 10.2. The van der Waals surface area contributed by atoms with Crippen LogP contribution in [-0.4, -0.2) is 18.0 Å². The van der Waals surface area contributed by atoms with E-state index in [4.69, 9.17) is 0 Å². The second-order valence-electron chi connectivity index (χ2n) is 4.80. The molecule has 23 heavy (non-hydrogen) atoms. The minimum absolute atomic E-state index is 0.159. The van der Waals surface area contributed by atoms with E-state index in [0.717, 1.165) is 12.1 Å². The molecule has 0 heterocycles. The van der Waals surface area contributed by atoms with Crippen LogP contribution in [0.3, 0.4) is 0 Å². The maximum absolute atomic E-state index is 13.5. The molecule has 2 aromatic carbocycles. The second kappa shape index (κ2) is 7.35. The lowest BCUT2D eigenvalue weighted by Gasteiger charge is -2.15. The predicted molar refractivity (Wildman–Crippen MR) is 83.0 cm³/mol. The maximum Gasteiger partial charge on any atom is 0.319 e. The van der Waals surface area contributed by atoms with E-state index in [1.54, 1.807) is 30.3 Å². The zero-order valence-corrected chi connectivity index (χ0v) is 12.3. The third-order valence-corrected chi connectivity index (χ3v) is 2.96. The highest BCUT2D eigenvalue weighted by atomic mass is 19.1. The van der Waals surface area contributed by atoms with Gasteiger partial charge in [-0.2, -0.15) is 0 Å². The monoisotopic (exact) mass is 319 g/mol. The van der Waals surface area contributed by atoms with E-state index in [1.165, 1.54) is 6.92 Å². The molecule has 2 aromatic rings. The standard InChI is InChI=1S/C16H15F2N3O2/c1-10(19-16(23)20-12-5-3-2-4-6-12)15(22)21-14-8-7-11(17)9-13(14)18/h2-10H,1H3,(H,21,22)(H2,19,20,23). The van der Waals surface area contributed by atoms with Crippen LogP contribution in [0.25, 0.3) is 0 Å². The molecule has 0 saturated heterocycles. The third kappa shape index (κ3) is 4.77. The van der Waals surface area contributed by atoms with Crippen LogP contribution < -0.4 is 16.0 Å². The van der Waals surface area contributed by atoms with Gasteiger partial charge >= 0.3 is 6.03 Å². The lowest BCUT2D eigenvalue weighted by Crippen LogP contribution is -2.43. The molecule has 0 saturated carbocycles. The SMILES string of the molecule is CC(NC(=O)Nc1ccccc1)C(=O)Nc1ccc(F)cc1F. The van der Waals surface area contributed by atoms with E-state index in [-0.39, 0.29) is 5.69 Å². The smallest absolute Gasteiger partial charge is 0.319 e. The van der Waals surface area contributed by atoms with Gasteiger partial charge in [0.05, 0.1) is 5.69 Å². The Kier molecular flexibility index (Phi) is 5.24. The summed E-state index contributed by atoms with van der Waals surface area (Å²) in [6, 6.07) is 10.0. The zero-order valence-electron chi connectivity index (χ0n) is 12.3. The third-order valence-electron chi connectivity index (χ3n) is 2.96. The van der Waals surface area contributed by atoms with Crippen molar-refractivity contribution in [3.63, 3.8) is 0 Å². The number of nitrogens with one attached hydrogen (secondary N) is 3. The molecule has 0 bridgehead atoms. The molecule has 0 aromatic heterocycles. The number of urea groups is 1. The summed E-state index contributed by atoms with van der Waals surface area (Å²) < 4.78 is 26.3. The van der Waals surface area contributed by atoms with Gasteiger partial charge in [-0.1, -0.05) is 18.2 Å². The zero-order chi connectivity index (χ0) is 16.8. The van der Waals surface area contributed by atoms with E-state index in [0.29, 0.717) is 11.8 Å². The fourth-order valence-corrected chi connectivity index (χ4v) is 1.78. The quantitative estimate of drug-likeness (QED) is 0.810. The van der Waals surface area contributed by atoms with Crippen LogP contribution in [0.4, 0.5) is 25.0 Å². The molecule has 0 aliphatic carbocycles. The number of amides is 3. The Bertz CT molecular complexity index is 708. The maximum atomic E-state index is 13.5.